The Hall–Kier alpha value is -3.14. The van der Waals surface area contributed by atoms with Crippen LogP contribution < -0.4 is 9.47 Å². The van der Waals surface area contributed by atoms with Gasteiger partial charge in [0.05, 0.1) is 14.2 Å². The fourth-order valence-corrected chi connectivity index (χ4v) is 3.16. The smallest absolute Gasteiger partial charge is 0.157 e. The van der Waals surface area contributed by atoms with Crippen LogP contribution in [0, 0.1) is 0 Å². The van der Waals surface area contributed by atoms with E-state index in [1.165, 1.54) is 23.3 Å². The molecule has 0 aliphatic rings. The molecule has 2 aromatic carbocycles. The molecule has 4 nitrogen and oxygen atoms in total. The lowest BCUT2D eigenvalue weighted by Crippen LogP contribution is -2.03. The van der Waals surface area contributed by atoms with Gasteiger partial charge in [0.2, 0.25) is 0 Å². The van der Waals surface area contributed by atoms with E-state index in [-0.39, 0.29) is 11.5 Å². The molecule has 2 N–H and O–H groups in total. The van der Waals surface area contributed by atoms with E-state index >= 15 is 0 Å². The normalized spacial score (nSPS) is 10.7. The fourth-order valence-electron chi connectivity index (χ4n) is 3.16. The highest BCUT2D eigenvalue weighted by molar-refractivity contribution is 5.77. The fraction of sp³-hybridized carbons (Fsp3) is 0.308. The van der Waals surface area contributed by atoms with Crippen molar-refractivity contribution in [1.82, 2.24) is 0 Å². The molecule has 0 saturated carbocycles. The third kappa shape index (κ3) is 5.93. The minimum Gasteiger partial charge on any atom is -0.504 e. The lowest BCUT2D eigenvalue weighted by Gasteiger charge is -2.19. The Labute approximate surface area is 179 Å². The van der Waals surface area contributed by atoms with Crippen molar-refractivity contribution in [3.63, 3.8) is 0 Å². The van der Waals surface area contributed by atoms with Gasteiger partial charge < -0.3 is 19.7 Å². The van der Waals surface area contributed by atoms with Gasteiger partial charge >= 0.3 is 0 Å². The number of methoxy groups -OCH3 is 2. The summed E-state index contributed by atoms with van der Waals surface area (Å²) >= 11 is 0. The SMILES string of the molecule is COc1cc(OC)c(CC=C(C)C)c(/C=C/c2ccc(O)c(O)c2)c1CC=C(C)C. The van der Waals surface area contributed by atoms with E-state index in [0.717, 1.165) is 46.6 Å². The molecule has 0 aliphatic heterocycles. The minimum atomic E-state index is -0.144. The highest BCUT2D eigenvalue weighted by atomic mass is 16.5. The van der Waals surface area contributed by atoms with Gasteiger partial charge in [-0.1, -0.05) is 41.5 Å². The Morgan fingerprint density at radius 1 is 0.767 bits per heavy atom. The molecular formula is C26H32O4. The zero-order valence-corrected chi connectivity index (χ0v) is 18.7. The number of phenolic OH excluding ortho intramolecular Hbond substituents is 2. The van der Waals surface area contributed by atoms with Crippen LogP contribution in [0.2, 0.25) is 0 Å². The Balaban J connectivity index is 2.71. The quantitative estimate of drug-likeness (QED) is 0.306. The van der Waals surface area contributed by atoms with Crippen molar-refractivity contribution >= 4 is 12.2 Å². The Morgan fingerprint density at radius 3 is 1.73 bits per heavy atom. The molecule has 0 saturated heterocycles. The molecule has 30 heavy (non-hydrogen) atoms. The number of benzene rings is 2. The van der Waals surface area contributed by atoms with Gasteiger partial charge in [0, 0.05) is 17.2 Å². The summed E-state index contributed by atoms with van der Waals surface area (Å²) in [5.74, 6) is 1.27. The maximum Gasteiger partial charge on any atom is 0.157 e. The highest BCUT2D eigenvalue weighted by Crippen LogP contribution is 2.37. The molecular weight excluding hydrogens is 376 g/mol. The number of rotatable bonds is 8. The van der Waals surface area contributed by atoms with Gasteiger partial charge in [-0.05, 0) is 63.8 Å². The molecule has 0 amide bonds. The molecule has 160 valence electrons. The zero-order chi connectivity index (χ0) is 22.3. The van der Waals surface area contributed by atoms with Crippen LogP contribution in [0.3, 0.4) is 0 Å². The van der Waals surface area contributed by atoms with Gasteiger partial charge in [-0.2, -0.15) is 0 Å². The van der Waals surface area contributed by atoms with Crippen LogP contribution in [0.5, 0.6) is 23.0 Å². The first kappa shape index (κ1) is 23.1. The summed E-state index contributed by atoms with van der Waals surface area (Å²) in [6, 6.07) is 6.73. The maximum absolute atomic E-state index is 9.82. The van der Waals surface area contributed by atoms with E-state index in [1.807, 2.05) is 18.2 Å². The van der Waals surface area contributed by atoms with Crippen molar-refractivity contribution in [2.24, 2.45) is 0 Å². The largest absolute Gasteiger partial charge is 0.504 e. The van der Waals surface area contributed by atoms with Crippen molar-refractivity contribution in [3.05, 3.63) is 69.8 Å². The van der Waals surface area contributed by atoms with Gasteiger partial charge in [0.1, 0.15) is 11.5 Å². The van der Waals surface area contributed by atoms with Crippen LogP contribution >= 0.6 is 0 Å². The molecule has 4 heteroatoms. The molecule has 0 bridgehead atoms. The number of ether oxygens (including phenoxy) is 2. The Morgan fingerprint density at radius 2 is 1.30 bits per heavy atom. The molecule has 0 aromatic heterocycles. The van der Waals surface area contributed by atoms with E-state index in [0.29, 0.717) is 0 Å². The van der Waals surface area contributed by atoms with Crippen LogP contribution in [-0.2, 0) is 12.8 Å². The van der Waals surface area contributed by atoms with E-state index in [9.17, 15) is 10.2 Å². The van der Waals surface area contributed by atoms with E-state index in [4.69, 9.17) is 9.47 Å². The van der Waals surface area contributed by atoms with Gasteiger partial charge in [-0.15, -0.1) is 0 Å². The summed E-state index contributed by atoms with van der Waals surface area (Å²) < 4.78 is 11.4. The third-order valence-corrected chi connectivity index (χ3v) is 4.82. The summed E-state index contributed by atoms with van der Waals surface area (Å²) in [7, 11) is 3.34. The van der Waals surface area contributed by atoms with Crippen molar-refractivity contribution in [2.45, 2.75) is 40.5 Å². The number of hydrogen-bond acceptors (Lipinski definition) is 4. The molecule has 2 aromatic rings. The first-order chi connectivity index (χ1) is 14.3. The van der Waals surface area contributed by atoms with Gasteiger partial charge in [0.15, 0.2) is 11.5 Å². The van der Waals surface area contributed by atoms with Gasteiger partial charge in [0.25, 0.3) is 0 Å². The standard InChI is InChI=1S/C26H32O4/c1-17(2)7-11-21-20(13-9-19-10-14-23(27)24(28)15-19)22(12-8-18(3)4)26(30-6)16-25(21)29-5/h7-10,13-16,27-28H,11-12H2,1-6H3/b13-9+. The van der Waals surface area contributed by atoms with Crippen LogP contribution in [0.15, 0.2) is 47.6 Å². The van der Waals surface area contributed by atoms with Gasteiger partial charge in [-0.3, -0.25) is 0 Å². The molecule has 0 unspecified atom stereocenters. The lowest BCUT2D eigenvalue weighted by molar-refractivity contribution is 0.389. The van der Waals surface area contributed by atoms with E-state index < -0.39 is 0 Å². The summed E-state index contributed by atoms with van der Waals surface area (Å²) in [5.41, 5.74) is 6.45. The summed E-state index contributed by atoms with van der Waals surface area (Å²) in [6.45, 7) is 8.31. The van der Waals surface area contributed by atoms with Crippen molar-refractivity contribution in [3.8, 4) is 23.0 Å². The maximum atomic E-state index is 9.82. The van der Waals surface area contributed by atoms with Crippen molar-refractivity contribution in [1.29, 1.82) is 0 Å². The first-order valence-electron chi connectivity index (χ1n) is 10.00. The average Bonchev–Trinajstić information content (AvgIpc) is 2.70. The summed E-state index contributed by atoms with van der Waals surface area (Å²) in [6.07, 6.45) is 9.78. The van der Waals surface area contributed by atoms with E-state index in [1.54, 1.807) is 20.3 Å². The second kappa shape index (κ2) is 10.6. The number of phenols is 2. The molecule has 2 rings (SSSR count). The molecule has 0 atom stereocenters. The number of allylic oxidation sites excluding steroid dienone is 4. The predicted octanol–water partition coefficient (Wildman–Crippen LogP) is 6.30. The van der Waals surface area contributed by atoms with Crippen LogP contribution in [-0.4, -0.2) is 24.4 Å². The van der Waals surface area contributed by atoms with Crippen LogP contribution in [0.25, 0.3) is 12.2 Å². The third-order valence-electron chi connectivity index (χ3n) is 4.82. The second-order valence-electron chi connectivity index (χ2n) is 7.70. The van der Waals surface area contributed by atoms with E-state index in [2.05, 4.69) is 39.8 Å². The van der Waals surface area contributed by atoms with Crippen molar-refractivity contribution < 1.29 is 19.7 Å². The van der Waals surface area contributed by atoms with Gasteiger partial charge in [-0.25, -0.2) is 0 Å². The molecule has 0 radical (unpaired) electrons. The molecule has 0 aliphatic carbocycles. The monoisotopic (exact) mass is 408 g/mol. The molecule has 0 spiro atoms. The van der Waals surface area contributed by atoms with Crippen LogP contribution in [0.4, 0.5) is 0 Å². The number of aromatic hydroxyl groups is 2. The minimum absolute atomic E-state index is 0.135. The topological polar surface area (TPSA) is 58.9 Å². The lowest BCUT2D eigenvalue weighted by atomic mass is 9.92. The zero-order valence-electron chi connectivity index (χ0n) is 18.7. The van der Waals surface area contributed by atoms with Crippen LogP contribution in [0.1, 0.15) is 49.9 Å². The first-order valence-corrected chi connectivity index (χ1v) is 10.00. The van der Waals surface area contributed by atoms with Crippen molar-refractivity contribution in [2.75, 3.05) is 14.2 Å². The second-order valence-corrected chi connectivity index (χ2v) is 7.70. The summed E-state index contributed by atoms with van der Waals surface area (Å²) in [5, 5.41) is 19.4. The average molecular weight is 409 g/mol. The summed E-state index contributed by atoms with van der Waals surface area (Å²) in [4.78, 5) is 0. The number of hydrogen-bond donors (Lipinski definition) is 2. The highest BCUT2D eigenvalue weighted by Gasteiger charge is 2.17. The Bertz CT molecular complexity index is 927. The predicted molar refractivity (Wildman–Crippen MR) is 125 cm³/mol. The Kier molecular flexibility index (Phi) is 8.16. The molecule has 0 fully saturated rings. The molecule has 0 heterocycles.